The highest BCUT2D eigenvalue weighted by molar-refractivity contribution is 5.94. The van der Waals surface area contributed by atoms with Gasteiger partial charge in [0.05, 0.1) is 0 Å². The molecule has 2 aliphatic rings. The van der Waals surface area contributed by atoms with Crippen molar-refractivity contribution >= 4 is 11.7 Å². The predicted molar refractivity (Wildman–Crippen MR) is 125 cm³/mol. The Morgan fingerprint density at radius 3 is 2.65 bits per heavy atom. The van der Waals surface area contributed by atoms with Crippen molar-refractivity contribution in [1.29, 1.82) is 0 Å². The minimum absolute atomic E-state index is 0.0226. The number of piperazine rings is 2. The van der Waals surface area contributed by atoms with Crippen LogP contribution in [0.15, 0.2) is 48.7 Å². The van der Waals surface area contributed by atoms with Gasteiger partial charge in [-0.25, -0.2) is 4.98 Å². The highest BCUT2D eigenvalue weighted by atomic mass is 16.1. The maximum atomic E-state index is 12.7. The third-order valence-corrected chi connectivity index (χ3v) is 6.33. The summed E-state index contributed by atoms with van der Waals surface area (Å²) >= 11 is 0. The van der Waals surface area contributed by atoms with E-state index in [4.69, 9.17) is 0 Å². The van der Waals surface area contributed by atoms with Crippen LogP contribution in [0.2, 0.25) is 0 Å². The Labute approximate surface area is 185 Å². The van der Waals surface area contributed by atoms with E-state index in [0.717, 1.165) is 64.7 Å². The van der Waals surface area contributed by atoms with Crippen LogP contribution < -0.4 is 15.5 Å². The number of benzene rings is 1. The molecule has 4 rings (SSSR count). The van der Waals surface area contributed by atoms with E-state index >= 15 is 0 Å². The van der Waals surface area contributed by atoms with Gasteiger partial charge >= 0.3 is 0 Å². The fourth-order valence-electron chi connectivity index (χ4n) is 4.36. The molecule has 7 heteroatoms. The lowest BCUT2D eigenvalue weighted by Crippen LogP contribution is -2.48. The Morgan fingerprint density at radius 1 is 1.10 bits per heavy atom. The van der Waals surface area contributed by atoms with Crippen LogP contribution in [0.1, 0.15) is 28.9 Å². The SMILES string of the molecule is CCN1CCN(CCNC(=O)c2ccnc(N3CCN[C@@H](c4ccccc4)C3)c2)CC1. The molecule has 3 heterocycles. The van der Waals surface area contributed by atoms with E-state index in [1.165, 1.54) is 5.56 Å². The van der Waals surface area contributed by atoms with Crippen LogP contribution in [-0.2, 0) is 0 Å². The molecular weight excluding hydrogens is 388 g/mol. The zero-order valence-corrected chi connectivity index (χ0v) is 18.5. The van der Waals surface area contributed by atoms with Crippen molar-refractivity contribution in [3.8, 4) is 0 Å². The fourth-order valence-corrected chi connectivity index (χ4v) is 4.36. The average molecular weight is 423 g/mol. The van der Waals surface area contributed by atoms with Crippen LogP contribution in [0.25, 0.3) is 0 Å². The Kier molecular flexibility index (Phi) is 7.51. The normalized spacial score (nSPS) is 20.5. The van der Waals surface area contributed by atoms with E-state index in [0.29, 0.717) is 12.1 Å². The molecule has 0 bridgehead atoms. The first-order valence-electron chi connectivity index (χ1n) is 11.4. The smallest absolute Gasteiger partial charge is 0.251 e. The van der Waals surface area contributed by atoms with E-state index in [1.807, 2.05) is 12.1 Å². The molecule has 1 atom stereocenters. The summed E-state index contributed by atoms with van der Waals surface area (Å²) < 4.78 is 0. The molecule has 166 valence electrons. The minimum atomic E-state index is -0.0226. The van der Waals surface area contributed by atoms with E-state index in [9.17, 15) is 4.79 Å². The molecule has 1 amide bonds. The lowest BCUT2D eigenvalue weighted by molar-refractivity contribution is 0.0937. The fraction of sp³-hybridized carbons (Fsp3) is 0.500. The number of hydrogen-bond donors (Lipinski definition) is 2. The van der Waals surface area contributed by atoms with Gasteiger partial charge in [-0.15, -0.1) is 0 Å². The summed E-state index contributed by atoms with van der Waals surface area (Å²) in [6, 6.07) is 14.5. The summed E-state index contributed by atoms with van der Waals surface area (Å²) in [4.78, 5) is 24.4. The van der Waals surface area contributed by atoms with Crippen molar-refractivity contribution in [2.45, 2.75) is 13.0 Å². The number of aromatic nitrogens is 1. The minimum Gasteiger partial charge on any atom is -0.353 e. The second-order valence-corrected chi connectivity index (χ2v) is 8.30. The molecule has 31 heavy (non-hydrogen) atoms. The highest BCUT2D eigenvalue weighted by Crippen LogP contribution is 2.21. The van der Waals surface area contributed by atoms with Gasteiger partial charge in [-0.1, -0.05) is 37.3 Å². The molecule has 2 aliphatic heterocycles. The highest BCUT2D eigenvalue weighted by Gasteiger charge is 2.22. The van der Waals surface area contributed by atoms with Crippen LogP contribution in [0.5, 0.6) is 0 Å². The van der Waals surface area contributed by atoms with Gasteiger partial charge in [0.25, 0.3) is 5.91 Å². The van der Waals surface area contributed by atoms with Gasteiger partial charge in [0.1, 0.15) is 5.82 Å². The van der Waals surface area contributed by atoms with Crippen LogP contribution in [-0.4, -0.2) is 86.1 Å². The summed E-state index contributed by atoms with van der Waals surface area (Å²) in [6.45, 7) is 11.9. The predicted octanol–water partition coefficient (Wildman–Crippen LogP) is 1.60. The van der Waals surface area contributed by atoms with E-state index < -0.39 is 0 Å². The summed E-state index contributed by atoms with van der Waals surface area (Å²) in [5.74, 6) is 0.844. The largest absolute Gasteiger partial charge is 0.353 e. The number of pyridine rings is 1. The number of carbonyl (C=O) groups excluding carboxylic acids is 1. The monoisotopic (exact) mass is 422 g/mol. The van der Waals surface area contributed by atoms with Crippen molar-refractivity contribution in [3.63, 3.8) is 0 Å². The topological polar surface area (TPSA) is 63.7 Å². The van der Waals surface area contributed by atoms with Crippen LogP contribution in [0.4, 0.5) is 5.82 Å². The maximum absolute atomic E-state index is 12.7. The maximum Gasteiger partial charge on any atom is 0.251 e. The molecule has 0 aliphatic carbocycles. The first-order chi connectivity index (χ1) is 15.2. The number of anilines is 1. The van der Waals surface area contributed by atoms with Gasteiger partial charge in [0, 0.05) is 76.7 Å². The van der Waals surface area contributed by atoms with Gasteiger partial charge < -0.3 is 20.4 Å². The first kappa shape index (κ1) is 21.7. The Hall–Kier alpha value is -2.48. The number of nitrogens with one attached hydrogen (secondary N) is 2. The number of carbonyl (C=O) groups is 1. The summed E-state index contributed by atoms with van der Waals surface area (Å²) in [5.41, 5.74) is 1.96. The summed E-state index contributed by atoms with van der Waals surface area (Å²) in [6.07, 6.45) is 1.74. The van der Waals surface area contributed by atoms with Crippen molar-refractivity contribution in [2.24, 2.45) is 0 Å². The first-order valence-corrected chi connectivity index (χ1v) is 11.4. The molecular formula is C24H34N6O. The van der Waals surface area contributed by atoms with Crippen LogP contribution in [0, 0.1) is 0 Å². The number of amides is 1. The molecule has 1 aromatic carbocycles. The van der Waals surface area contributed by atoms with Gasteiger partial charge in [-0.2, -0.15) is 0 Å². The van der Waals surface area contributed by atoms with Crippen LogP contribution >= 0.6 is 0 Å². The standard InChI is InChI=1S/C24H34N6O/c1-2-28-14-16-29(17-15-28)12-10-27-24(31)21-8-9-26-23(18-21)30-13-11-25-22(19-30)20-6-4-3-5-7-20/h3-9,18,22,25H,2,10-17,19H2,1H3,(H,27,31)/t22-/m1/s1. The third kappa shape index (κ3) is 5.81. The second-order valence-electron chi connectivity index (χ2n) is 8.30. The van der Waals surface area contributed by atoms with Crippen LogP contribution in [0.3, 0.4) is 0 Å². The molecule has 0 saturated carbocycles. The van der Waals surface area contributed by atoms with Crippen molar-refractivity contribution in [2.75, 3.05) is 70.3 Å². The van der Waals surface area contributed by atoms with E-state index in [-0.39, 0.29) is 11.9 Å². The molecule has 0 unspecified atom stereocenters. The zero-order valence-electron chi connectivity index (χ0n) is 18.5. The Bertz CT molecular complexity index is 837. The second kappa shape index (κ2) is 10.7. The molecule has 0 spiro atoms. The quantitative estimate of drug-likeness (QED) is 0.707. The molecule has 7 nitrogen and oxygen atoms in total. The van der Waals surface area contributed by atoms with Gasteiger partial charge in [0.15, 0.2) is 0 Å². The number of nitrogens with zero attached hydrogens (tertiary/aromatic N) is 4. The average Bonchev–Trinajstić information content (AvgIpc) is 2.85. The number of rotatable bonds is 7. The lowest BCUT2D eigenvalue weighted by Gasteiger charge is -2.35. The van der Waals surface area contributed by atoms with Gasteiger partial charge in [0.2, 0.25) is 0 Å². The molecule has 2 N–H and O–H groups in total. The van der Waals surface area contributed by atoms with Crippen molar-refractivity contribution in [1.82, 2.24) is 25.4 Å². The molecule has 2 saturated heterocycles. The molecule has 2 aromatic rings. The molecule has 2 fully saturated rings. The third-order valence-electron chi connectivity index (χ3n) is 6.33. The van der Waals surface area contributed by atoms with E-state index in [1.54, 1.807) is 12.3 Å². The lowest BCUT2D eigenvalue weighted by atomic mass is 10.0. The molecule has 0 radical (unpaired) electrons. The number of hydrogen-bond acceptors (Lipinski definition) is 6. The Balaban J connectivity index is 1.30. The zero-order chi connectivity index (χ0) is 21.5. The van der Waals surface area contributed by atoms with Gasteiger partial charge in [-0.3, -0.25) is 9.69 Å². The van der Waals surface area contributed by atoms with Gasteiger partial charge in [-0.05, 0) is 24.2 Å². The van der Waals surface area contributed by atoms with Crippen molar-refractivity contribution in [3.05, 3.63) is 59.8 Å². The number of likely N-dealkylation sites (N-methyl/N-ethyl adjacent to an activating group) is 1. The summed E-state index contributed by atoms with van der Waals surface area (Å²) in [7, 11) is 0. The van der Waals surface area contributed by atoms with E-state index in [2.05, 4.69) is 61.5 Å². The molecule has 1 aromatic heterocycles. The summed E-state index contributed by atoms with van der Waals surface area (Å²) in [5, 5.41) is 6.66. The van der Waals surface area contributed by atoms with Crippen molar-refractivity contribution < 1.29 is 4.79 Å². The Morgan fingerprint density at radius 2 is 1.87 bits per heavy atom.